The molecular formula is C13H24N2O. The van der Waals surface area contributed by atoms with Gasteiger partial charge in [0.2, 0.25) is 0 Å². The Kier molecular flexibility index (Phi) is 3.10. The summed E-state index contributed by atoms with van der Waals surface area (Å²) in [5, 5.41) is 7.24. The molecule has 3 atom stereocenters. The second-order valence-electron chi connectivity index (χ2n) is 6.06. The third-order valence-corrected chi connectivity index (χ3v) is 4.33. The SMILES string of the molecule is CC(C)C1C(=O)CC2CNCC1(C(C)C)N2. The van der Waals surface area contributed by atoms with Gasteiger partial charge >= 0.3 is 0 Å². The lowest BCUT2D eigenvalue weighted by atomic mass is 9.63. The van der Waals surface area contributed by atoms with Crippen molar-refractivity contribution < 1.29 is 4.79 Å². The fourth-order valence-electron chi connectivity index (χ4n) is 3.61. The molecule has 2 aliphatic rings. The van der Waals surface area contributed by atoms with Gasteiger partial charge in [0.25, 0.3) is 0 Å². The number of rotatable bonds is 2. The molecule has 2 bridgehead atoms. The van der Waals surface area contributed by atoms with Gasteiger partial charge in [-0.15, -0.1) is 0 Å². The third kappa shape index (κ3) is 1.70. The summed E-state index contributed by atoms with van der Waals surface area (Å²) >= 11 is 0. The van der Waals surface area contributed by atoms with Crippen molar-refractivity contribution in [2.24, 2.45) is 17.8 Å². The lowest BCUT2D eigenvalue weighted by molar-refractivity contribution is -0.134. The van der Waals surface area contributed by atoms with E-state index >= 15 is 0 Å². The van der Waals surface area contributed by atoms with Gasteiger partial charge in [0, 0.05) is 37.0 Å². The predicted molar refractivity (Wildman–Crippen MR) is 65.3 cm³/mol. The van der Waals surface area contributed by atoms with Crippen molar-refractivity contribution in [1.29, 1.82) is 0 Å². The van der Waals surface area contributed by atoms with Gasteiger partial charge in [0.1, 0.15) is 5.78 Å². The van der Waals surface area contributed by atoms with Crippen LogP contribution in [-0.4, -0.2) is 30.5 Å². The second kappa shape index (κ2) is 4.11. The second-order valence-corrected chi connectivity index (χ2v) is 6.06. The Balaban J connectivity index is 2.36. The van der Waals surface area contributed by atoms with Crippen LogP contribution >= 0.6 is 0 Å². The highest BCUT2D eigenvalue weighted by molar-refractivity contribution is 5.84. The van der Waals surface area contributed by atoms with Crippen molar-refractivity contribution >= 4 is 5.78 Å². The largest absolute Gasteiger partial charge is 0.313 e. The molecular weight excluding hydrogens is 200 g/mol. The van der Waals surface area contributed by atoms with Gasteiger partial charge < -0.3 is 10.6 Å². The zero-order valence-corrected chi connectivity index (χ0v) is 10.8. The molecule has 0 saturated carbocycles. The summed E-state index contributed by atoms with van der Waals surface area (Å²) in [5.74, 6) is 1.54. The van der Waals surface area contributed by atoms with Crippen LogP contribution in [0.5, 0.6) is 0 Å². The Morgan fingerprint density at radius 1 is 1.31 bits per heavy atom. The highest BCUT2D eigenvalue weighted by Crippen LogP contribution is 2.38. The average molecular weight is 224 g/mol. The van der Waals surface area contributed by atoms with Gasteiger partial charge in [-0.25, -0.2) is 0 Å². The molecule has 92 valence electrons. The molecule has 3 heteroatoms. The molecule has 0 aliphatic carbocycles. The standard InChI is InChI=1S/C13H24N2O/c1-8(2)12-11(16)5-10-6-14-7-13(12,15-10)9(3)4/h8-10,12,14-15H,5-7H2,1-4H3. The number of piperazine rings is 1. The molecule has 2 aliphatic heterocycles. The molecule has 0 amide bonds. The van der Waals surface area contributed by atoms with Crippen molar-refractivity contribution in [2.45, 2.75) is 45.7 Å². The third-order valence-electron chi connectivity index (χ3n) is 4.33. The van der Waals surface area contributed by atoms with Crippen molar-refractivity contribution in [2.75, 3.05) is 13.1 Å². The summed E-state index contributed by atoms with van der Waals surface area (Å²) in [6.07, 6.45) is 0.699. The van der Waals surface area contributed by atoms with Gasteiger partial charge in [-0.05, 0) is 11.8 Å². The molecule has 0 spiro atoms. The fraction of sp³-hybridized carbons (Fsp3) is 0.923. The Morgan fingerprint density at radius 2 is 2.00 bits per heavy atom. The topological polar surface area (TPSA) is 41.1 Å². The Morgan fingerprint density at radius 3 is 2.56 bits per heavy atom. The number of nitrogens with one attached hydrogen (secondary N) is 2. The normalized spacial score (nSPS) is 39.5. The van der Waals surface area contributed by atoms with Crippen LogP contribution in [0, 0.1) is 17.8 Å². The molecule has 2 heterocycles. The summed E-state index contributed by atoms with van der Waals surface area (Å²) < 4.78 is 0. The number of carbonyl (C=O) groups excluding carboxylic acids is 1. The van der Waals surface area contributed by atoms with E-state index < -0.39 is 0 Å². The van der Waals surface area contributed by atoms with Crippen LogP contribution in [0.3, 0.4) is 0 Å². The van der Waals surface area contributed by atoms with Gasteiger partial charge in [-0.2, -0.15) is 0 Å². The van der Waals surface area contributed by atoms with E-state index in [0.717, 1.165) is 13.1 Å². The summed E-state index contributed by atoms with van der Waals surface area (Å²) in [4.78, 5) is 12.3. The molecule has 0 aromatic rings. The Labute approximate surface area is 98.4 Å². The first-order valence-corrected chi connectivity index (χ1v) is 6.48. The zero-order chi connectivity index (χ0) is 11.9. The van der Waals surface area contributed by atoms with Crippen LogP contribution in [-0.2, 0) is 4.79 Å². The maximum atomic E-state index is 12.3. The van der Waals surface area contributed by atoms with Crippen LogP contribution < -0.4 is 10.6 Å². The van der Waals surface area contributed by atoms with Crippen LogP contribution in [0.25, 0.3) is 0 Å². The van der Waals surface area contributed by atoms with Crippen molar-refractivity contribution in [3.63, 3.8) is 0 Å². The highest BCUT2D eigenvalue weighted by atomic mass is 16.1. The lowest BCUT2D eigenvalue weighted by Crippen LogP contribution is -2.74. The molecule has 0 aromatic carbocycles. The van der Waals surface area contributed by atoms with E-state index in [1.54, 1.807) is 0 Å². The molecule has 2 fully saturated rings. The summed E-state index contributed by atoms with van der Waals surface area (Å²) in [6.45, 7) is 10.7. The Hall–Kier alpha value is -0.410. The number of hydrogen-bond acceptors (Lipinski definition) is 3. The van der Waals surface area contributed by atoms with E-state index in [-0.39, 0.29) is 11.5 Å². The van der Waals surface area contributed by atoms with E-state index in [1.807, 2.05) is 0 Å². The number of hydrogen-bond donors (Lipinski definition) is 2. The molecule has 0 aromatic heterocycles. The van der Waals surface area contributed by atoms with Crippen LogP contribution in [0.1, 0.15) is 34.1 Å². The Bertz CT molecular complexity index is 288. The number of fused-ring (bicyclic) bond motifs is 2. The summed E-state index contributed by atoms with van der Waals surface area (Å²) in [5.41, 5.74) is -0.0214. The molecule has 2 rings (SSSR count). The maximum absolute atomic E-state index is 12.3. The zero-order valence-electron chi connectivity index (χ0n) is 10.8. The first-order chi connectivity index (χ1) is 7.47. The number of ketones is 1. The number of Topliss-reactive ketones (excluding diaryl/α,β-unsaturated/α-hetero) is 1. The van der Waals surface area contributed by atoms with E-state index in [0.29, 0.717) is 30.1 Å². The minimum atomic E-state index is -0.0214. The predicted octanol–water partition coefficient (Wildman–Crippen LogP) is 1.19. The quantitative estimate of drug-likeness (QED) is 0.740. The summed E-state index contributed by atoms with van der Waals surface area (Å²) in [6, 6.07) is 0.346. The van der Waals surface area contributed by atoms with Gasteiger partial charge in [0.05, 0.1) is 0 Å². The average Bonchev–Trinajstić information content (AvgIpc) is 2.15. The maximum Gasteiger partial charge on any atom is 0.139 e. The molecule has 2 saturated heterocycles. The van der Waals surface area contributed by atoms with Crippen LogP contribution in [0.2, 0.25) is 0 Å². The monoisotopic (exact) mass is 224 g/mol. The van der Waals surface area contributed by atoms with E-state index in [4.69, 9.17) is 0 Å². The lowest BCUT2D eigenvalue weighted by Gasteiger charge is -2.54. The van der Waals surface area contributed by atoms with Crippen LogP contribution in [0.15, 0.2) is 0 Å². The van der Waals surface area contributed by atoms with Crippen LogP contribution in [0.4, 0.5) is 0 Å². The molecule has 0 radical (unpaired) electrons. The fourth-order valence-corrected chi connectivity index (χ4v) is 3.61. The van der Waals surface area contributed by atoms with E-state index in [9.17, 15) is 4.79 Å². The first kappa shape index (κ1) is 12.1. The van der Waals surface area contributed by atoms with E-state index in [1.165, 1.54) is 0 Å². The minimum Gasteiger partial charge on any atom is -0.313 e. The van der Waals surface area contributed by atoms with Gasteiger partial charge in [-0.1, -0.05) is 27.7 Å². The minimum absolute atomic E-state index is 0.0214. The van der Waals surface area contributed by atoms with Gasteiger partial charge in [0.15, 0.2) is 0 Å². The molecule has 2 N–H and O–H groups in total. The smallest absolute Gasteiger partial charge is 0.139 e. The highest BCUT2D eigenvalue weighted by Gasteiger charge is 2.52. The van der Waals surface area contributed by atoms with E-state index in [2.05, 4.69) is 38.3 Å². The molecule has 3 unspecified atom stereocenters. The first-order valence-electron chi connectivity index (χ1n) is 6.48. The molecule has 16 heavy (non-hydrogen) atoms. The van der Waals surface area contributed by atoms with Crippen molar-refractivity contribution in [3.05, 3.63) is 0 Å². The number of carbonyl (C=O) groups is 1. The summed E-state index contributed by atoms with van der Waals surface area (Å²) in [7, 11) is 0. The number of piperidine rings is 1. The van der Waals surface area contributed by atoms with Crippen molar-refractivity contribution in [1.82, 2.24) is 10.6 Å². The molecule has 3 nitrogen and oxygen atoms in total. The van der Waals surface area contributed by atoms with Crippen molar-refractivity contribution in [3.8, 4) is 0 Å². The van der Waals surface area contributed by atoms with Gasteiger partial charge in [-0.3, -0.25) is 4.79 Å².